The minimum Gasteiger partial charge on any atom is -0.324 e. The molecule has 0 aliphatic carbocycles. The Bertz CT molecular complexity index is 782. The van der Waals surface area contributed by atoms with Crippen molar-refractivity contribution >= 4 is 40.3 Å². The number of H-pyrrole nitrogens is 1. The van der Waals surface area contributed by atoms with Gasteiger partial charge in [0.2, 0.25) is 5.95 Å². The Morgan fingerprint density at radius 3 is 2.76 bits per heavy atom. The maximum absolute atomic E-state index is 12.2. The number of carbonyl (C=O) groups excluding carboxylic acids is 1. The lowest BCUT2D eigenvalue weighted by Crippen LogP contribution is -2.17. The highest BCUT2D eigenvalue weighted by Crippen LogP contribution is 2.18. The fourth-order valence-electron chi connectivity index (χ4n) is 1.86. The summed E-state index contributed by atoms with van der Waals surface area (Å²) in [5.41, 5.74) is 4.00. The molecule has 1 amide bonds. The van der Waals surface area contributed by atoms with Gasteiger partial charge in [0, 0.05) is 0 Å². The number of hydrogen-bond donors (Lipinski definition) is 4. The number of fused-ring (bicyclic) bond motifs is 1. The maximum atomic E-state index is 12.2. The molecule has 0 saturated carbocycles. The van der Waals surface area contributed by atoms with Gasteiger partial charge in [-0.05, 0) is 24.3 Å². The van der Waals surface area contributed by atoms with Crippen LogP contribution in [0.25, 0.3) is 11.0 Å². The number of hydrazine groups is 1. The summed E-state index contributed by atoms with van der Waals surface area (Å²) in [6.07, 6.45) is 0. The normalized spacial score (nSPS) is 10.6. The molecule has 0 saturated heterocycles. The minimum absolute atomic E-state index is 0.0626. The lowest BCUT2D eigenvalue weighted by atomic mass is 10.3. The van der Waals surface area contributed by atoms with Gasteiger partial charge in [-0.25, -0.2) is 15.8 Å². The van der Waals surface area contributed by atoms with E-state index < -0.39 is 5.91 Å². The van der Waals surface area contributed by atoms with E-state index in [9.17, 15) is 4.79 Å². The number of aromatic nitrogens is 3. The Hall–Kier alpha value is -2.64. The first-order valence-corrected chi connectivity index (χ1v) is 6.44. The van der Waals surface area contributed by atoms with Gasteiger partial charge in [-0.3, -0.25) is 10.1 Å². The van der Waals surface area contributed by atoms with Crippen molar-refractivity contribution < 1.29 is 4.79 Å². The van der Waals surface area contributed by atoms with Crippen molar-refractivity contribution in [1.82, 2.24) is 15.0 Å². The molecular formula is C13H11ClN6O. The molecule has 8 heteroatoms. The number of para-hydroxylation sites is 2. The molecule has 0 atom stereocenters. The highest BCUT2D eigenvalue weighted by atomic mass is 35.5. The van der Waals surface area contributed by atoms with E-state index >= 15 is 0 Å². The van der Waals surface area contributed by atoms with Crippen molar-refractivity contribution in [1.29, 1.82) is 0 Å². The molecule has 0 spiro atoms. The number of imidazole rings is 1. The number of benzene rings is 1. The monoisotopic (exact) mass is 302 g/mol. The summed E-state index contributed by atoms with van der Waals surface area (Å²) in [6, 6.07) is 10.6. The lowest BCUT2D eigenvalue weighted by molar-refractivity contribution is 0.102. The Morgan fingerprint density at radius 1 is 1.19 bits per heavy atom. The molecular weight excluding hydrogens is 292 g/mol. The second-order valence-corrected chi connectivity index (χ2v) is 4.64. The van der Waals surface area contributed by atoms with Crippen LogP contribution in [0.15, 0.2) is 36.4 Å². The first-order valence-electron chi connectivity index (χ1n) is 6.06. The van der Waals surface area contributed by atoms with Crippen LogP contribution < -0.4 is 16.6 Å². The van der Waals surface area contributed by atoms with Gasteiger partial charge in [0.15, 0.2) is 0 Å². The van der Waals surface area contributed by atoms with Crippen molar-refractivity contribution in [2.24, 2.45) is 5.84 Å². The summed E-state index contributed by atoms with van der Waals surface area (Å²) < 4.78 is 0. The minimum atomic E-state index is -0.476. The van der Waals surface area contributed by atoms with Crippen LogP contribution in [0.5, 0.6) is 0 Å². The molecule has 2 aromatic heterocycles. The van der Waals surface area contributed by atoms with Crippen LogP contribution in [0.3, 0.4) is 0 Å². The fraction of sp³-hybridized carbons (Fsp3) is 0. The summed E-state index contributed by atoms with van der Waals surface area (Å²) in [4.78, 5) is 23.5. The molecule has 3 rings (SSSR count). The van der Waals surface area contributed by atoms with Gasteiger partial charge >= 0.3 is 0 Å². The molecule has 0 aliphatic rings. The molecule has 0 radical (unpaired) electrons. The van der Waals surface area contributed by atoms with Crippen LogP contribution >= 0.6 is 11.6 Å². The molecule has 0 fully saturated rings. The molecule has 7 nitrogen and oxygen atoms in total. The van der Waals surface area contributed by atoms with E-state index in [2.05, 4.69) is 25.7 Å². The van der Waals surface area contributed by atoms with Crippen molar-refractivity contribution in [3.05, 3.63) is 47.1 Å². The van der Waals surface area contributed by atoms with E-state index in [1.54, 1.807) is 6.07 Å². The second kappa shape index (κ2) is 5.39. The number of nitrogens with zero attached hydrogens (tertiary/aromatic N) is 2. The molecule has 1 aromatic carbocycles. The van der Waals surface area contributed by atoms with Gasteiger partial charge in [0.25, 0.3) is 5.91 Å². The third-order valence-corrected chi connectivity index (χ3v) is 3.14. The Balaban J connectivity index is 1.89. The highest BCUT2D eigenvalue weighted by Gasteiger charge is 2.15. The van der Waals surface area contributed by atoms with E-state index in [1.165, 1.54) is 6.07 Å². The average molecular weight is 303 g/mol. The average Bonchev–Trinajstić information content (AvgIpc) is 2.89. The number of carbonyl (C=O) groups is 1. The maximum Gasteiger partial charge on any atom is 0.278 e. The standard InChI is InChI=1S/C13H11ClN6O/c14-7-5-6-10(20-15)18-11(7)12(21)19-13-16-8-3-1-2-4-9(8)17-13/h1-6H,15H2,(H,18,20)(H2,16,17,19,21). The van der Waals surface area contributed by atoms with E-state index in [-0.39, 0.29) is 10.7 Å². The number of hydrogen-bond acceptors (Lipinski definition) is 5. The third-order valence-electron chi connectivity index (χ3n) is 2.83. The van der Waals surface area contributed by atoms with Crippen molar-refractivity contribution in [2.45, 2.75) is 0 Å². The number of nitrogen functional groups attached to an aromatic ring is 1. The molecule has 0 bridgehead atoms. The lowest BCUT2D eigenvalue weighted by Gasteiger charge is -2.05. The number of aromatic amines is 1. The Kier molecular flexibility index (Phi) is 3.43. The number of anilines is 2. The number of nitrogens with one attached hydrogen (secondary N) is 3. The van der Waals surface area contributed by atoms with Gasteiger partial charge < -0.3 is 10.4 Å². The van der Waals surface area contributed by atoms with Crippen LogP contribution in [0, 0.1) is 0 Å². The third kappa shape index (κ3) is 2.64. The zero-order valence-electron chi connectivity index (χ0n) is 10.7. The first kappa shape index (κ1) is 13.3. The second-order valence-electron chi connectivity index (χ2n) is 4.23. The van der Waals surface area contributed by atoms with Crippen LogP contribution in [0.1, 0.15) is 10.5 Å². The van der Waals surface area contributed by atoms with Gasteiger partial charge in [0.05, 0.1) is 16.1 Å². The quantitative estimate of drug-likeness (QED) is 0.438. The number of nitrogens with two attached hydrogens (primary N) is 1. The van der Waals surface area contributed by atoms with E-state index in [4.69, 9.17) is 17.4 Å². The molecule has 0 aliphatic heterocycles. The number of rotatable bonds is 3. The zero-order chi connectivity index (χ0) is 14.8. The zero-order valence-corrected chi connectivity index (χ0v) is 11.5. The van der Waals surface area contributed by atoms with Crippen LogP contribution in [-0.4, -0.2) is 20.9 Å². The van der Waals surface area contributed by atoms with Gasteiger partial charge in [-0.2, -0.15) is 0 Å². The molecule has 5 N–H and O–H groups in total. The molecule has 21 heavy (non-hydrogen) atoms. The number of pyridine rings is 1. The smallest absolute Gasteiger partial charge is 0.278 e. The van der Waals surface area contributed by atoms with E-state index in [0.717, 1.165) is 11.0 Å². The highest BCUT2D eigenvalue weighted by molar-refractivity contribution is 6.34. The topological polar surface area (TPSA) is 109 Å². The van der Waals surface area contributed by atoms with Gasteiger partial charge in [-0.15, -0.1) is 0 Å². The summed E-state index contributed by atoms with van der Waals surface area (Å²) in [5, 5.41) is 2.84. The summed E-state index contributed by atoms with van der Waals surface area (Å²) in [6.45, 7) is 0. The predicted octanol–water partition coefficient (Wildman–Crippen LogP) is 2.15. The largest absolute Gasteiger partial charge is 0.324 e. The van der Waals surface area contributed by atoms with Gasteiger partial charge in [-0.1, -0.05) is 23.7 Å². The van der Waals surface area contributed by atoms with E-state index in [1.807, 2.05) is 24.3 Å². The van der Waals surface area contributed by atoms with Crippen LogP contribution in [-0.2, 0) is 0 Å². The number of amides is 1. The molecule has 106 valence electrons. The molecule has 0 unspecified atom stereocenters. The van der Waals surface area contributed by atoms with Crippen LogP contribution in [0.2, 0.25) is 5.02 Å². The summed E-state index contributed by atoms with van der Waals surface area (Å²) in [5.74, 6) is 5.46. The Morgan fingerprint density at radius 2 is 2.00 bits per heavy atom. The molecule has 3 aromatic rings. The predicted molar refractivity (Wildman–Crippen MR) is 81.1 cm³/mol. The van der Waals surface area contributed by atoms with Crippen molar-refractivity contribution in [2.75, 3.05) is 10.7 Å². The summed E-state index contributed by atoms with van der Waals surface area (Å²) >= 11 is 5.97. The molecule has 2 heterocycles. The van der Waals surface area contributed by atoms with Crippen LogP contribution in [0.4, 0.5) is 11.8 Å². The van der Waals surface area contributed by atoms with Crippen molar-refractivity contribution in [3.63, 3.8) is 0 Å². The van der Waals surface area contributed by atoms with Crippen molar-refractivity contribution in [3.8, 4) is 0 Å². The number of halogens is 1. The SMILES string of the molecule is NNc1ccc(Cl)c(C(=O)Nc2nc3ccccc3[nH]2)n1. The Labute approximate surface area is 124 Å². The van der Waals surface area contributed by atoms with E-state index in [0.29, 0.717) is 11.8 Å². The summed E-state index contributed by atoms with van der Waals surface area (Å²) in [7, 11) is 0. The first-order chi connectivity index (χ1) is 10.2. The van der Waals surface area contributed by atoms with Gasteiger partial charge in [0.1, 0.15) is 11.5 Å². The fourth-order valence-corrected chi connectivity index (χ4v) is 2.05.